The first-order valence-electron chi connectivity index (χ1n) is 9.83. The maximum atomic E-state index is 12.5. The zero-order valence-electron chi connectivity index (χ0n) is 15.8. The number of nitrogens with two attached hydrogens (primary N) is 1. The van der Waals surface area contributed by atoms with Crippen LogP contribution in [0.4, 0.5) is 17.3 Å². The lowest BCUT2D eigenvalue weighted by atomic mass is 9.91. The second kappa shape index (κ2) is 7.21. The first-order chi connectivity index (χ1) is 14.2. The Morgan fingerprint density at radius 2 is 2.10 bits per heavy atom. The third kappa shape index (κ3) is 3.31. The van der Waals surface area contributed by atoms with Gasteiger partial charge in [-0.05, 0) is 37.1 Å². The van der Waals surface area contributed by atoms with Crippen LogP contribution < -0.4 is 21.9 Å². The quantitative estimate of drug-likeness (QED) is 0.421. The van der Waals surface area contributed by atoms with Crippen molar-refractivity contribution < 1.29 is 4.42 Å². The Morgan fingerprint density at radius 3 is 3.00 bits per heavy atom. The van der Waals surface area contributed by atoms with Gasteiger partial charge in [-0.1, -0.05) is 18.9 Å². The van der Waals surface area contributed by atoms with Gasteiger partial charge in [0.1, 0.15) is 17.2 Å². The summed E-state index contributed by atoms with van der Waals surface area (Å²) in [7, 11) is 0. The summed E-state index contributed by atoms with van der Waals surface area (Å²) in [5, 5.41) is 15.3. The van der Waals surface area contributed by atoms with Crippen LogP contribution in [0.3, 0.4) is 0 Å². The minimum absolute atomic E-state index is 0.0923. The molecule has 0 saturated heterocycles. The first-order valence-corrected chi connectivity index (χ1v) is 9.83. The van der Waals surface area contributed by atoms with Gasteiger partial charge in [0.05, 0.1) is 23.5 Å². The van der Waals surface area contributed by atoms with Crippen molar-refractivity contribution in [2.24, 2.45) is 5.73 Å². The van der Waals surface area contributed by atoms with Crippen LogP contribution in [-0.2, 0) is 0 Å². The van der Waals surface area contributed by atoms with Gasteiger partial charge in [-0.15, -0.1) is 0 Å². The molecule has 0 spiro atoms. The molecule has 8 nitrogen and oxygen atoms in total. The van der Waals surface area contributed by atoms with Crippen LogP contribution in [-0.4, -0.2) is 27.3 Å². The molecule has 0 amide bonds. The molecular weight excluding hydrogens is 368 g/mol. The summed E-state index contributed by atoms with van der Waals surface area (Å²) in [6.07, 6.45) is 7.58. The van der Waals surface area contributed by atoms with Crippen LogP contribution >= 0.6 is 0 Å². The highest BCUT2D eigenvalue weighted by molar-refractivity contribution is 5.98. The number of hydrogen-bond donors (Lipinski definition) is 4. The van der Waals surface area contributed by atoms with Gasteiger partial charge in [-0.2, -0.15) is 5.10 Å². The summed E-state index contributed by atoms with van der Waals surface area (Å²) in [5.41, 5.74) is 7.57. The highest BCUT2D eigenvalue weighted by Crippen LogP contribution is 2.30. The Labute approximate surface area is 166 Å². The summed E-state index contributed by atoms with van der Waals surface area (Å²) in [6, 6.07) is 9.70. The lowest BCUT2D eigenvalue weighted by Crippen LogP contribution is -2.42. The van der Waals surface area contributed by atoms with Crippen LogP contribution in [0.5, 0.6) is 0 Å². The molecule has 148 valence electrons. The van der Waals surface area contributed by atoms with Gasteiger partial charge in [0.25, 0.3) is 5.56 Å². The molecule has 0 bridgehead atoms. The molecule has 3 aromatic heterocycles. The minimum atomic E-state index is -0.294. The number of rotatable bonds is 4. The molecule has 1 aliphatic rings. The summed E-state index contributed by atoms with van der Waals surface area (Å²) < 4.78 is 5.48. The second-order valence-electron chi connectivity index (χ2n) is 7.48. The number of aromatic nitrogens is 3. The van der Waals surface area contributed by atoms with E-state index in [9.17, 15) is 4.79 Å². The number of hydrogen-bond acceptors (Lipinski definition) is 7. The van der Waals surface area contributed by atoms with Crippen molar-refractivity contribution in [3.63, 3.8) is 0 Å². The molecule has 1 aliphatic carbocycles. The first kappa shape index (κ1) is 17.7. The van der Waals surface area contributed by atoms with Crippen LogP contribution in [0.15, 0.2) is 52.0 Å². The number of nitrogens with one attached hydrogen (secondary N) is 3. The molecule has 0 aliphatic heterocycles. The maximum absolute atomic E-state index is 12.5. The highest BCUT2D eigenvalue weighted by Gasteiger charge is 2.22. The van der Waals surface area contributed by atoms with E-state index >= 15 is 0 Å². The molecule has 2 atom stereocenters. The average Bonchev–Trinajstić information content (AvgIpc) is 3.20. The van der Waals surface area contributed by atoms with Crippen molar-refractivity contribution >= 4 is 39.1 Å². The van der Waals surface area contributed by atoms with Gasteiger partial charge in [-0.3, -0.25) is 4.79 Å². The summed E-state index contributed by atoms with van der Waals surface area (Å²) >= 11 is 0. The van der Waals surface area contributed by atoms with E-state index in [2.05, 4.69) is 20.8 Å². The van der Waals surface area contributed by atoms with E-state index in [4.69, 9.17) is 15.1 Å². The van der Waals surface area contributed by atoms with Crippen LogP contribution in [0, 0.1) is 0 Å². The number of fused-ring (bicyclic) bond motifs is 2. The highest BCUT2D eigenvalue weighted by atomic mass is 16.3. The van der Waals surface area contributed by atoms with Crippen LogP contribution in [0.2, 0.25) is 0 Å². The van der Waals surface area contributed by atoms with Crippen molar-refractivity contribution in [3.8, 4) is 0 Å². The topological polar surface area (TPSA) is 122 Å². The Balaban J connectivity index is 1.59. The standard InChI is InChI=1S/C21H22N6O2/c22-14-4-1-2-5-16(14)24-18-10-12-11-23-27-21(28)19(12)20(26-18)25-15-6-3-7-17-13(15)8-9-29-17/h3,6-11,14,16H,1-2,4-5,22H2,(H,27,28)(H2,24,25,26)/t14?,16-/m1/s1. The third-order valence-corrected chi connectivity index (χ3v) is 5.55. The molecule has 1 unspecified atom stereocenters. The monoisotopic (exact) mass is 390 g/mol. The molecule has 29 heavy (non-hydrogen) atoms. The van der Waals surface area contributed by atoms with Crippen molar-refractivity contribution in [2.75, 3.05) is 10.6 Å². The predicted octanol–water partition coefficient (Wildman–Crippen LogP) is 3.49. The van der Waals surface area contributed by atoms with E-state index in [1.54, 1.807) is 12.5 Å². The van der Waals surface area contributed by atoms with Crippen molar-refractivity contribution in [3.05, 3.63) is 53.1 Å². The summed E-state index contributed by atoms with van der Waals surface area (Å²) in [4.78, 5) is 17.2. The second-order valence-corrected chi connectivity index (χ2v) is 7.48. The van der Waals surface area contributed by atoms with Gasteiger partial charge < -0.3 is 20.8 Å². The van der Waals surface area contributed by atoms with Crippen molar-refractivity contribution in [1.82, 2.24) is 15.2 Å². The number of benzene rings is 1. The molecular formula is C21H22N6O2. The van der Waals surface area contributed by atoms with Gasteiger partial charge in [0.2, 0.25) is 0 Å². The number of pyridine rings is 1. The average molecular weight is 390 g/mol. The molecule has 0 radical (unpaired) electrons. The van der Waals surface area contributed by atoms with E-state index < -0.39 is 0 Å². The van der Waals surface area contributed by atoms with E-state index in [-0.39, 0.29) is 17.6 Å². The Kier molecular flexibility index (Phi) is 4.40. The van der Waals surface area contributed by atoms with Crippen LogP contribution in [0.1, 0.15) is 25.7 Å². The fourth-order valence-electron chi connectivity index (χ4n) is 4.05. The molecule has 4 aromatic rings. The fraction of sp³-hybridized carbons (Fsp3) is 0.286. The maximum Gasteiger partial charge on any atom is 0.275 e. The number of anilines is 3. The van der Waals surface area contributed by atoms with E-state index in [0.29, 0.717) is 22.4 Å². The Morgan fingerprint density at radius 1 is 1.21 bits per heavy atom. The lowest BCUT2D eigenvalue weighted by molar-refractivity contribution is 0.403. The minimum Gasteiger partial charge on any atom is -0.464 e. The zero-order valence-corrected chi connectivity index (χ0v) is 15.8. The van der Waals surface area contributed by atoms with Gasteiger partial charge >= 0.3 is 0 Å². The molecule has 1 aromatic carbocycles. The Hall–Kier alpha value is -3.39. The normalized spacial score (nSPS) is 19.5. The summed E-state index contributed by atoms with van der Waals surface area (Å²) in [5.74, 6) is 1.14. The number of furan rings is 1. The van der Waals surface area contributed by atoms with Gasteiger partial charge in [0, 0.05) is 22.9 Å². The smallest absolute Gasteiger partial charge is 0.275 e. The third-order valence-electron chi connectivity index (χ3n) is 5.55. The van der Waals surface area contributed by atoms with E-state index in [1.807, 2.05) is 30.3 Å². The molecule has 5 N–H and O–H groups in total. The van der Waals surface area contributed by atoms with E-state index in [0.717, 1.165) is 42.3 Å². The molecule has 8 heteroatoms. The van der Waals surface area contributed by atoms with Crippen molar-refractivity contribution in [2.45, 2.75) is 37.8 Å². The summed E-state index contributed by atoms with van der Waals surface area (Å²) in [6.45, 7) is 0. The van der Waals surface area contributed by atoms with Gasteiger partial charge in [-0.25, -0.2) is 10.1 Å². The van der Waals surface area contributed by atoms with Crippen molar-refractivity contribution in [1.29, 1.82) is 0 Å². The molecule has 5 rings (SSSR count). The Bertz CT molecular complexity index is 1230. The predicted molar refractivity (Wildman–Crippen MR) is 114 cm³/mol. The number of nitrogens with zero attached hydrogens (tertiary/aromatic N) is 2. The van der Waals surface area contributed by atoms with E-state index in [1.165, 1.54) is 0 Å². The molecule has 1 saturated carbocycles. The SMILES string of the molecule is NC1CCCC[C@H]1Nc1cc2cn[nH]c(=O)c2c(Nc2cccc3occc23)n1. The van der Waals surface area contributed by atoms with Crippen LogP contribution in [0.25, 0.3) is 21.7 Å². The number of aromatic amines is 1. The largest absolute Gasteiger partial charge is 0.464 e. The number of H-pyrrole nitrogens is 1. The fourth-order valence-corrected chi connectivity index (χ4v) is 4.05. The molecule has 1 fully saturated rings. The zero-order chi connectivity index (χ0) is 19.8. The van der Waals surface area contributed by atoms with Gasteiger partial charge in [0.15, 0.2) is 0 Å². The molecule has 3 heterocycles. The lowest BCUT2D eigenvalue weighted by Gasteiger charge is -2.30.